The maximum Gasteiger partial charge on any atom is 0.242 e. The number of aryl methyl sites for hydroxylation is 1. The number of amides is 1. The Morgan fingerprint density at radius 3 is 2.71 bits per heavy atom. The summed E-state index contributed by atoms with van der Waals surface area (Å²) >= 11 is 0. The number of nitriles is 1. The second-order valence-corrected chi connectivity index (χ2v) is 5.82. The minimum Gasteiger partial charge on any atom is -0.373 e. The zero-order chi connectivity index (χ0) is 15.2. The van der Waals surface area contributed by atoms with Crippen molar-refractivity contribution >= 4 is 11.6 Å². The fourth-order valence-corrected chi connectivity index (χ4v) is 2.81. The number of carbonyl (C=O) groups excluding carboxylic acids is 1. The minimum atomic E-state index is -0.346. The molecule has 0 spiro atoms. The summed E-state index contributed by atoms with van der Waals surface area (Å²) in [6.45, 7) is 3.73. The first kappa shape index (κ1) is 15.4. The Morgan fingerprint density at radius 2 is 2.05 bits per heavy atom. The normalized spacial score (nSPS) is 16.8. The molecular weight excluding hydrogens is 262 g/mol. The molecule has 2 N–H and O–H groups in total. The Balaban J connectivity index is 1.97. The number of nitrogens with one attached hydrogen (secondary N) is 2. The highest BCUT2D eigenvalue weighted by Gasteiger charge is 2.20. The van der Waals surface area contributed by atoms with Gasteiger partial charge in [0.05, 0.1) is 11.3 Å². The lowest BCUT2D eigenvalue weighted by atomic mass is 9.95. The van der Waals surface area contributed by atoms with Crippen molar-refractivity contribution in [3.8, 4) is 6.07 Å². The molecule has 21 heavy (non-hydrogen) atoms. The third-order valence-corrected chi connectivity index (χ3v) is 4.10. The molecule has 1 amide bonds. The molecule has 1 aliphatic carbocycles. The fraction of sp³-hybridized carbons (Fsp3) is 0.529. The Labute approximate surface area is 126 Å². The quantitative estimate of drug-likeness (QED) is 0.893. The van der Waals surface area contributed by atoms with Crippen LogP contribution in [0.15, 0.2) is 18.2 Å². The maximum absolute atomic E-state index is 12.2. The molecule has 0 bridgehead atoms. The van der Waals surface area contributed by atoms with E-state index in [2.05, 4.69) is 16.7 Å². The second kappa shape index (κ2) is 7.12. The summed E-state index contributed by atoms with van der Waals surface area (Å²) in [4.78, 5) is 12.2. The first-order valence-electron chi connectivity index (χ1n) is 7.68. The largest absolute Gasteiger partial charge is 0.373 e. The molecule has 0 radical (unpaired) electrons. The average Bonchev–Trinajstić information content (AvgIpc) is 2.48. The van der Waals surface area contributed by atoms with Crippen molar-refractivity contribution in [3.63, 3.8) is 0 Å². The van der Waals surface area contributed by atoms with Crippen LogP contribution >= 0.6 is 0 Å². The van der Waals surface area contributed by atoms with E-state index >= 15 is 0 Å². The molecule has 1 fully saturated rings. The van der Waals surface area contributed by atoms with Crippen molar-refractivity contribution in [1.82, 2.24) is 5.32 Å². The molecule has 112 valence electrons. The van der Waals surface area contributed by atoms with Crippen LogP contribution in [-0.4, -0.2) is 18.0 Å². The van der Waals surface area contributed by atoms with Crippen LogP contribution < -0.4 is 10.6 Å². The molecule has 1 aromatic carbocycles. The molecule has 0 aliphatic heterocycles. The van der Waals surface area contributed by atoms with Gasteiger partial charge in [-0.05, 0) is 38.3 Å². The summed E-state index contributed by atoms with van der Waals surface area (Å²) in [6, 6.07) is 7.79. The fourth-order valence-electron chi connectivity index (χ4n) is 2.81. The summed E-state index contributed by atoms with van der Waals surface area (Å²) in [7, 11) is 0. The first-order chi connectivity index (χ1) is 10.1. The number of nitrogens with zero attached hydrogens (tertiary/aromatic N) is 1. The second-order valence-electron chi connectivity index (χ2n) is 5.82. The summed E-state index contributed by atoms with van der Waals surface area (Å²) in [5.41, 5.74) is 2.25. The van der Waals surface area contributed by atoms with Gasteiger partial charge in [0, 0.05) is 6.04 Å². The van der Waals surface area contributed by atoms with E-state index in [-0.39, 0.29) is 11.9 Å². The van der Waals surface area contributed by atoms with Crippen molar-refractivity contribution in [2.24, 2.45) is 0 Å². The van der Waals surface area contributed by atoms with Gasteiger partial charge in [-0.2, -0.15) is 5.26 Å². The highest BCUT2D eigenvalue weighted by molar-refractivity contribution is 5.85. The average molecular weight is 285 g/mol. The predicted octanol–water partition coefficient (Wildman–Crippen LogP) is 3.12. The molecule has 1 atom stereocenters. The first-order valence-corrected chi connectivity index (χ1v) is 7.68. The molecule has 0 heterocycles. The molecule has 1 aromatic rings. The summed E-state index contributed by atoms with van der Waals surface area (Å²) in [5.74, 6) is 0.00676. The van der Waals surface area contributed by atoms with Gasteiger partial charge in [-0.15, -0.1) is 0 Å². The van der Waals surface area contributed by atoms with Crippen LogP contribution in [0.1, 0.15) is 50.2 Å². The van der Waals surface area contributed by atoms with Crippen LogP contribution in [0.2, 0.25) is 0 Å². The van der Waals surface area contributed by atoms with E-state index in [9.17, 15) is 10.1 Å². The molecule has 1 saturated carbocycles. The lowest BCUT2D eigenvalue weighted by molar-refractivity contribution is -0.122. The smallest absolute Gasteiger partial charge is 0.242 e. The Kier molecular flexibility index (Phi) is 5.21. The van der Waals surface area contributed by atoms with Gasteiger partial charge in [-0.1, -0.05) is 31.4 Å². The molecule has 4 heteroatoms. The number of carbonyl (C=O) groups is 1. The minimum absolute atomic E-state index is 0.00676. The summed E-state index contributed by atoms with van der Waals surface area (Å²) < 4.78 is 0. The Bertz CT molecular complexity index is 541. The molecule has 4 nitrogen and oxygen atoms in total. The maximum atomic E-state index is 12.2. The zero-order valence-corrected chi connectivity index (χ0v) is 12.8. The van der Waals surface area contributed by atoms with Gasteiger partial charge in [0.15, 0.2) is 0 Å². The van der Waals surface area contributed by atoms with Gasteiger partial charge >= 0.3 is 0 Å². The third kappa shape index (κ3) is 3.98. The van der Waals surface area contributed by atoms with E-state index < -0.39 is 0 Å². The number of hydrogen-bond acceptors (Lipinski definition) is 3. The third-order valence-electron chi connectivity index (χ3n) is 4.10. The number of rotatable bonds is 4. The van der Waals surface area contributed by atoms with E-state index in [4.69, 9.17) is 0 Å². The molecule has 0 aromatic heterocycles. The van der Waals surface area contributed by atoms with E-state index in [1.165, 1.54) is 19.3 Å². The van der Waals surface area contributed by atoms with Crippen LogP contribution in [0.3, 0.4) is 0 Å². The number of anilines is 1. The Morgan fingerprint density at radius 1 is 1.33 bits per heavy atom. The Hall–Kier alpha value is -2.02. The van der Waals surface area contributed by atoms with Crippen molar-refractivity contribution in [2.75, 3.05) is 5.32 Å². The van der Waals surface area contributed by atoms with E-state index in [0.717, 1.165) is 24.1 Å². The van der Waals surface area contributed by atoms with Crippen molar-refractivity contribution in [1.29, 1.82) is 5.26 Å². The van der Waals surface area contributed by atoms with Gasteiger partial charge in [0.1, 0.15) is 12.1 Å². The van der Waals surface area contributed by atoms with Crippen molar-refractivity contribution in [3.05, 3.63) is 29.3 Å². The summed E-state index contributed by atoms with van der Waals surface area (Å²) in [5, 5.41) is 15.5. The SMILES string of the molecule is Cc1cccc(NC(C)C(=O)NC2CCCCC2)c1C#N. The molecular formula is C17H23N3O. The van der Waals surface area contributed by atoms with E-state index in [0.29, 0.717) is 11.6 Å². The van der Waals surface area contributed by atoms with E-state index in [1.807, 2.05) is 32.0 Å². The monoisotopic (exact) mass is 285 g/mol. The van der Waals surface area contributed by atoms with Gasteiger partial charge in [-0.25, -0.2) is 0 Å². The van der Waals surface area contributed by atoms with Gasteiger partial charge in [-0.3, -0.25) is 4.79 Å². The standard InChI is InChI=1S/C17H23N3O/c1-12-7-6-10-16(15(12)11-18)19-13(2)17(21)20-14-8-4-3-5-9-14/h6-7,10,13-14,19H,3-5,8-9H2,1-2H3,(H,20,21). The van der Waals surface area contributed by atoms with Crippen LogP contribution in [0.25, 0.3) is 0 Å². The van der Waals surface area contributed by atoms with E-state index in [1.54, 1.807) is 0 Å². The topological polar surface area (TPSA) is 64.9 Å². The number of benzene rings is 1. The lowest BCUT2D eigenvalue weighted by Gasteiger charge is -2.25. The summed E-state index contributed by atoms with van der Waals surface area (Å²) in [6.07, 6.45) is 5.82. The highest BCUT2D eigenvalue weighted by atomic mass is 16.2. The van der Waals surface area contributed by atoms with Crippen molar-refractivity contribution in [2.45, 2.75) is 58.0 Å². The molecule has 1 unspecified atom stereocenters. The van der Waals surface area contributed by atoms with Gasteiger partial charge < -0.3 is 10.6 Å². The van der Waals surface area contributed by atoms with Crippen LogP contribution in [0.5, 0.6) is 0 Å². The van der Waals surface area contributed by atoms with Crippen LogP contribution in [0.4, 0.5) is 5.69 Å². The van der Waals surface area contributed by atoms with Crippen LogP contribution in [-0.2, 0) is 4.79 Å². The molecule has 2 rings (SSSR count). The number of hydrogen-bond donors (Lipinski definition) is 2. The predicted molar refractivity (Wildman–Crippen MR) is 84.0 cm³/mol. The van der Waals surface area contributed by atoms with Gasteiger partial charge in [0.2, 0.25) is 5.91 Å². The molecule has 0 saturated heterocycles. The van der Waals surface area contributed by atoms with Crippen LogP contribution in [0, 0.1) is 18.3 Å². The molecule has 1 aliphatic rings. The lowest BCUT2D eigenvalue weighted by Crippen LogP contribution is -2.44. The zero-order valence-electron chi connectivity index (χ0n) is 12.8. The van der Waals surface area contributed by atoms with Gasteiger partial charge in [0.25, 0.3) is 0 Å². The van der Waals surface area contributed by atoms with Crippen molar-refractivity contribution < 1.29 is 4.79 Å². The highest BCUT2D eigenvalue weighted by Crippen LogP contribution is 2.20.